The number of hydrogen-bond donors (Lipinski definition) is 1. The van der Waals surface area contributed by atoms with Crippen LogP contribution in [0, 0.1) is 13.8 Å². The van der Waals surface area contributed by atoms with E-state index in [2.05, 4.69) is 21.2 Å². The Hall–Kier alpha value is -2.60. The third-order valence-corrected chi connectivity index (χ3v) is 4.25. The minimum Gasteiger partial charge on any atom is -0.484 e. The van der Waals surface area contributed by atoms with E-state index >= 15 is 0 Å². The molecule has 1 heterocycles. The van der Waals surface area contributed by atoms with Gasteiger partial charge in [-0.2, -0.15) is 0 Å². The summed E-state index contributed by atoms with van der Waals surface area (Å²) in [6.07, 6.45) is 0. The minimum atomic E-state index is -0.411. The normalized spacial score (nSPS) is 10.7. The number of carbonyl (C=O) groups excluding carboxylic acids is 1. The van der Waals surface area contributed by atoms with Crippen molar-refractivity contribution in [1.82, 2.24) is 0 Å². The van der Waals surface area contributed by atoms with Gasteiger partial charge in [0.2, 0.25) is 0 Å². The zero-order valence-corrected chi connectivity index (χ0v) is 15.3. The number of nitrogens with one attached hydrogen (secondary N) is 1. The topological polar surface area (TPSA) is 68.5 Å². The molecule has 1 N–H and O–H groups in total. The molecule has 0 atom stereocenters. The molecule has 0 bridgehead atoms. The van der Waals surface area contributed by atoms with Gasteiger partial charge in [0.1, 0.15) is 11.3 Å². The summed E-state index contributed by atoms with van der Waals surface area (Å²) < 4.78 is 11.6. The second-order valence-electron chi connectivity index (χ2n) is 5.70. The van der Waals surface area contributed by atoms with E-state index in [1.165, 1.54) is 6.07 Å². The number of halogens is 1. The van der Waals surface area contributed by atoms with E-state index in [1.807, 2.05) is 32.0 Å². The van der Waals surface area contributed by atoms with Gasteiger partial charge in [-0.25, -0.2) is 4.79 Å². The summed E-state index contributed by atoms with van der Waals surface area (Å²) in [6.45, 7) is 3.61. The van der Waals surface area contributed by atoms with E-state index in [1.54, 1.807) is 18.2 Å². The molecule has 0 aliphatic rings. The fraction of sp³-hybridized carbons (Fsp3) is 0.158. The molecule has 25 heavy (non-hydrogen) atoms. The molecular weight excluding hydrogens is 386 g/mol. The molecule has 128 valence electrons. The number of hydrogen-bond acceptors (Lipinski definition) is 4. The van der Waals surface area contributed by atoms with Crippen LogP contribution in [0.4, 0.5) is 5.69 Å². The summed E-state index contributed by atoms with van der Waals surface area (Å²) in [5.74, 6) is 0.195. The van der Waals surface area contributed by atoms with Crippen molar-refractivity contribution in [1.29, 1.82) is 0 Å². The van der Waals surface area contributed by atoms with Gasteiger partial charge in [-0.1, -0.05) is 15.9 Å². The molecule has 2 aromatic carbocycles. The average molecular weight is 402 g/mol. The first kappa shape index (κ1) is 17.2. The number of anilines is 1. The second-order valence-corrected chi connectivity index (χ2v) is 6.62. The van der Waals surface area contributed by atoms with Crippen molar-refractivity contribution < 1.29 is 13.9 Å². The number of rotatable bonds is 4. The first-order valence-corrected chi connectivity index (χ1v) is 8.45. The van der Waals surface area contributed by atoms with Crippen LogP contribution in [0.5, 0.6) is 5.75 Å². The highest BCUT2D eigenvalue weighted by Crippen LogP contribution is 2.23. The van der Waals surface area contributed by atoms with Gasteiger partial charge in [-0.05, 0) is 55.3 Å². The molecule has 5 nitrogen and oxygen atoms in total. The lowest BCUT2D eigenvalue weighted by Crippen LogP contribution is -2.20. The van der Waals surface area contributed by atoms with E-state index in [-0.39, 0.29) is 12.5 Å². The zero-order chi connectivity index (χ0) is 18.0. The monoisotopic (exact) mass is 401 g/mol. The fourth-order valence-corrected chi connectivity index (χ4v) is 2.97. The summed E-state index contributed by atoms with van der Waals surface area (Å²) in [5.41, 5.74) is 2.54. The fourth-order valence-electron chi connectivity index (χ4n) is 2.50. The summed E-state index contributed by atoms with van der Waals surface area (Å²) in [5, 5.41) is 3.64. The van der Waals surface area contributed by atoms with Crippen molar-refractivity contribution in [2.75, 3.05) is 11.9 Å². The Morgan fingerprint density at radius 2 is 1.92 bits per heavy atom. The molecule has 0 fully saturated rings. The molecule has 3 aromatic rings. The highest BCUT2D eigenvalue weighted by Gasteiger charge is 2.08. The first-order chi connectivity index (χ1) is 11.9. The smallest absolute Gasteiger partial charge is 0.336 e. The third kappa shape index (κ3) is 4.09. The molecule has 0 spiro atoms. The van der Waals surface area contributed by atoms with Crippen LogP contribution in [0.3, 0.4) is 0 Å². The molecule has 0 saturated heterocycles. The Morgan fingerprint density at radius 1 is 1.12 bits per heavy atom. The Morgan fingerprint density at radius 3 is 2.68 bits per heavy atom. The predicted octanol–water partition coefficient (Wildman–Crippen LogP) is 4.19. The standard InChI is InChI=1S/C19H16BrNO4/c1-11-8-19(23)25-17-9-14(4-5-15(11)17)24-10-18(22)21-16-6-3-13(20)7-12(16)2/h3-9H,10H2,1-2H3,(H,21,22). The molecule has 6 heteroatoms. The van der Waals surface area contributed by atoms with Crippen molar-refractivity contribution in [2.45, 2.75) is 13.8 Å². The number of fused-ring (bicyclic) bond motifs is 1. The lowest BCUT2D eigenvalue weighted by atomic mass is 10.1. The van der Waals surface area contributed by atoms with Crippen molar-refractivity contribution in [3.8, 4) is 5.75 Å². The minimum absolute atomic E-state index is 0.142. The van der Waals surface area contributed by atoms with Gasteiger partial charge in [0.25, 0.3) is 5.91 Å². The van der Waals surface area contributed by atoms with E-state index < -0.39 is 5.63 Å². The van der Waals surface area contributed by atoms with Crippen molar-refractivity contribution in [2.24, 2.45) is 0 Å². The molecule has 0 radical (unpaired) electrons. The maximum Gasteiger partial charge on any atom is 0.336 e. The van der Waals surface area contributed by atoms with Crippen LogP contribution in [0.15, 0.2) is 56.1 Å². The molecule has 0 aliphatic carbocycles. The van der Waals surface area contributed by atoms with Gasteiger partial charge in [0.05, 0.1) is 0 Å². The summed E-state index contributed by atoms with van der Waals surface area (Å²) in [4.78, 5) is 23.5. The first-order valence-electron chi connectivity index (χ1n) is 7.66. The highest BCUT2D eigenvalue weighted by atomic mass is 79.9. The number of aryl methyl sites for hydroxylation is 2. The Labute approximate surface area is 152 Å². The Balaban J connectivity index is 1.69. The van der Waals surface area contributed by atoms with Crippen LogP contribution in [-0.2, 0) is 4.79 Å². The van der Waals surface area contributed by atoms with Crippen molar-refractivity contribution in [3.05, 3.63) is 68.5 Å². The SMILES string of the molecule is Cc1cc(Br)ccc1NC(=O)COc1ccc2c(C)cc(=O)oc2c1. The Bertz CT molecular complexity index is 1010. The number of benzene rings is 2. The maximum absolute atomic E-state index is 12.1. The van der Waals surface area contributed by atoms with Crippen molar-refractivity contribution >= 4 is 38.5 Å². The third-order valence-electron chi connectivity index (χ3n) is 3.76. The Kier molecular flexibility index (Phi) is 4.90. The van der Waals surface area contributed by atoms with E-state index in [9.17, 15) is 9.59 Å². The second kappa shape index (κ2) is 7.11. The van der Waals surface area contributed by atoms with Crippen LogP contribution in [-0.4, -0.2) is 12.5 Å². The number of amides is 1. The molecule has 3 rings (SSSR count). The van der Waals surface area contributed by atoms with Crippen LogP contribution in [0.1, 0.15) is 11.1 Å². The van der Waals surface area contributed by atoms with Gasteiger partial charge < -0.3 is 14.5 Å². The maximum atomic E-state index is 12.1. The average Bonchev–Trinajstić information content (AvgIpc) is 2.55. The molecular formula is C19H16BrNO4. The van der Waals surface area contributed by atoms with Crippen molar-refractivity contribution in [3.63, 3.8) is 0 Å². The van der Waals surface area contributed by atoms with Gasteiger partial charge in [0, 0.05) is 27.7 Å². The van der Waals surface area contributed by atoms with E-state index in [4.69, 9.17) is 9.15 Å². The van der Waals surface area contributed by atoms with Crippen LogP contribution < -0.4 is 15.7 Å². The zero-order valence-electron chi connectivity index (χ0n) is 13.8. The molecule has 0 unspecified atom stereocenters. The summed E-state index contributed by atoms with van der Waals surface area (Å²) >= 11 is 3.39. The van der Waals surface area contributed by atoms with E-state index in [0.29, 0.717) is 11.3 Å². The van der Waals surface area contributed by atoms with Crippen LogP contribution >= 0.6 is 15.9 Å². The summed E-state index contributed by atoms with van der Waals surface area (Å²) in [6, 6.07) is 12.2. The lowest BCUT2D eigenvalue weighted by Gasteiger charge is -2.10. The largest absolute Gasteiger partial charge is 0.484 e. The molecule has 1 aromatic heterocycles. The molecule has 1 amide bonds. The predicted molar refractivity (Wildman–Crippen MR) is 100 cm³/mol. The highest BCUT2D eigenvalue weighted by molar-refractivity contribution is 9.10. The van der Waals surface area contributed by atoms with Gasteiger partial charge >= 0.3 is 5.63 Å². The number of ether oxygens (including phenoxy) is 1. The van der Waals surface area contributed by atoms with Gasteiger partial charge in [-0.15, -0.1) is 0 Å². The molecule has 0 aliphatic heterocycles. The van der Waals surface area contributed by atoms with Crippen LogP contribution in [0.25, 0.3) is 11.0 Å². The van der Waals surface area contributed by atoms with Gasteiger partial charge in [0.15, 0.2) is 6.61 Å². The van der Waals surface area contributed by atoms with Crippen LogP contribution in [0.2, 0.25) is 0 Å². The number of carbonyl (C=O) groups is 1. The van der Waals surface area contributed by atoms with E-state index in [0.717, 1.165) is 26.7 Å². The lowest BCUT2D eigenvalue weighted by molar-refractivity contribution is -0.118. The summed E-state index contributed by atoms with van der Waals surface area (Å²) in [7, 11) is 0. The van der Waals surface area contributed by atoms with Gasteiger partial charge in [-0.3, -0.25) is 4.79 Å². The molecule has 0 saturated carbocycles. The quantitative estimate of drug-likeness (QED) is 0.665.